The topological polar surface area (TPSA) is 87.4 Å². The van der Waals surface area contributed by atoms with E-state index in [0.29, 0.717) is 43.5 Å². The Bertz CT molecular complexity index is 1100. The predicted molar refractivity (Wildman–Crippen MR) is 123 cm³/mol. The molecule has 1 saturated heterocycles. The molecule has 2 aromatic carbocycles. The predicted octanol–water partition coefficient (Wildman–Crippen LogP) is 4.72. The van der Waals surface area contributed by atoms with E-state index >= 15 is 0 Å². The van der Waals surface area contributed by atoms with Gasteiger partial charge in [-0.1, -0.05) is 38.1 Å². The first-order valence-corrected chi connectivity index (χ1v) is 10.5. The molecule has 0 radical (unpaired) electrons. The standard InChI is InChI=1S/C23H25FN6O2/c1-16(2)17-7-9-18(10-8-17)27-22-21(30(31)32)23(26-15-25-22)29-13-11-28(12-14-29)20-6-4-3-5-19(20)24/h3-10,15-16H,11-14H2,1-2H3,(H,25,26,27). The van der Waals surface area contributed by atoms with Crippen LogP contribution in [0.15, 0.2) is 54.9 Å². The molecule has 1 aliphatic rings. The molecule has 9 heteroatoms. The number of piperazine rings is 1. The summed E-state index contributed by atoms with van der Waals surface area (Å²) in [7, 11) is 0. The minimum Gasteiger partial charge on any atom is -0.366 e. The Hall–Kier alpha value is -3.75. The van der Waals surface area contributed by atoms with Gasteiger partial charge in [0.1, 0.15) is 12.1 Å². The molecule has 1 aliphatic heterocycles. The molecule has 0 unspecified atom stereocenters. The molecular weight excluding hydrogens is 411 g/mol. The van der Waals surface area contributed by atoms with Crippen molar-refractivity contribution in [1.82, 2.24) is 9.97 Å². The monoisotopic (exact) mass is 436 g/mol. The Morgan fingerprint density at radius 2 is 1.66 bits per heavy atom. The summed E-state index contributed by atoms with van der Waals surface area (Å²) in [6.07, 6.45) is 1.33. The number of aromatic nitrogens is 2. The first-order valence-electron chi connectivity index (χ1n) is 10.5. The number of benzene rings is 2. The van der Waals surface area contributed by atoms with E-state index in [-0.39, 0.29) is 23.1 Å². The fourth-order valence-corrected chi connectivity index (χ4v) is 3.82. The van der Waals surface area contributed by atoms with Crippen molar-refractivity contribution in [2.24, 2.45) is 0 Å². The third kappa shape index (κ3) is 4.46. The Balaban J connectivity index is 1.55. The molecule has 2 heterocycles. The van der Waals surface area contributed by atoms with Gasteiger partial charge in [0.05, 0.1) is 10.6 Å². The molecule has 0 spiro atoms. The zero-order valence-electron chi connectivity index (χ0n) is 18.0. The minimum absolute atomic E-state index is 0.147. The summed E-state index contributed by atoms with van der Waals surface area (Å²) in [5, 5.41) is 15.0. The van der Waals surface area contributed by atoms with Crippen LogP contribution in [0.3, 0.4) is 0 Å². The molecule has 1 N–H and O–H groups in total. The van der Waals surface area contributed by atoms with Crippen LogP contribution >= 0.6 is 0 Å². The summed E-state index contributed by atoms with van der Waals surface area (Å²) in [6, 6.07) is 14.4. The normalized spacial score (nSPS) is 14.0. The van der Waals surface area contributed by atoms with Crippen molar-refractivity contribution < 1.29 is 9.31 Å². The first-order chi connectivity index (χ1) is 15.4. The summed E-state index contributed by atoms with van der Waals surface area (Å²) in [5.41, 5.74) is 2.27. The van der Waals surface area contributed by atoms with Crippen molar-refractivity contribution in [3.63, 3.8) is 0 Å². The third-order valence-electron chi connectivity index (χ3n) is 5.60. The molecule has 4 rings (SSSR count). The van der Waals surface area contributed by atoms with Gasteiger partial charge in [-0.05, 0) is 35.7 Å². The van der Waals surface area contributed by atoms with Gasteiger partial charge in [-0.25, -0.2) is 14.4 Å². The molecule has 8 nitrogen and oxygen atoms in total. The van der Waals surface area contributed by atoms with E-state index in [9.17, 15) is 14.5 Å². The second kappa shape index (κ2) is 9.17. The fourth-order valence-electron chi connectivity index (χ4n) is 3.82. The van der Waals surface area contributed by atoms with Gasteiger partial charge in [0.25, 0.3) is 0 Å². The molecule has 0 amide bonds. The maximum atomic E-state index is 14.1. The molecular formula is C23H25FN6O2. The Labute approximate surface area is 185 Å². The third-order valence-corrected chi connectivity index (χ3v) is 5.60. The number of hydrogen-bond acceptors (Lipinski definition) is 7. The van der Waals surface area contributed by atoms with E-state index in [0.717, 1.165) is 0 Å². The summed E-state index contributed by atoms with van der Waals surface area (Å²) >= 11 is 0. The van der Waals surface area contributed by atoms with Gasteiger partial charge in [0.2, 0.25) is 11.6 Å². The van der Waals surface area contributed by atoms with Crippen LogP contribution in [0.25, 0.3) is 0 Å². The van der Waals surface area contributed by atoms with E-state index in [1.165, 1.54) is 18.0 Å². The Morgan fingerprint density at radius 1 is 1.00 bits per heavy atom. The average molecular weight is 436 g/mol. The van der Waals surface area contributed by atoms with Gasteiger partial charge in [0, 0.05) is 31.9 Å². The fraction of sp³-hybridized carbons (Fsp3) is 0.304. The van der Waals surface area contributed by atoms with Crippen LogP contribution in [0.5, 0.6) is 0 Å². The molecule has 1 aromatic heterocycles. The first kappa shape index (κ1) is 21.5. The van der Waals surface area contributed by atoms with Gasteiger partial charge in [-0.15, -0.1) is 0 Å². The number of anilines is 4. The molecule has 0 saturated carbocycles. The van der Waals surface area contributed by atoms with Gasteiger partial charge >= 0.3 is 5.69 Å². The van der Waals surface area contributed by atoms with Crippen LogP contribution in [-0.2, 0) is 0 Å². The number of nitrogens with one attached hydrogen (secondary N) is 1. The van der Waals surface area contributed by atoms with Crippen molar-refractivity contribution in [3.8, 4) is 0 Å². The van der Waals surface area contributed by atoms with E-state index < -0.39 is 4.92 Å². The van der Waals surface area contributed by atoms with Crippen molar-refractivity contribution in [2.45, 2.75) is 19.8 Å². The molecule has 0 bridgehead atoms. The number of rotatable bonds is 6. The lowest BCUT2D eigenvalue weighted by Crippen LogP contribution is -2.47. The number of para-hydroxylation sites is 1. The van der Waals surface area contributed by atoms with Gasteiger partial charge in [-0.3, -0.25) is 10.1 Å². The number of nitrogens with zero attached hydrogens (tertiary/aromatic N) is 5. The van der Waals surface area contributed by atoms with Crippen LogP contribution in [0.1, 0.15) is 25.3 Å². The number of hydrogen-bond donors (Lipinski definition) is 1. The van der Waals surface area contributed by atoms with Gasteiger partial charge in [0.15, 0.2) is 0 Å². The summed E-state index contributed by atoms with van der Waals surface area (Å²) in [4.78, 5) is 23.6. The maximum Gasteiger partial charge on any atom is 0.353 e. The maximum absolute atomic E-state index is 14.1. The largest absolute Gasteiger partial charge is 0.366 e. The molecule has 166 valence electrons. The molecule has 32 heavy (non-hydrogen) atoms. The summed E-state index contributed by atoms with van der Waals surface area (Å²) in [5.74, 6) is 0.532. The molecule has 0 atom stereocenters. The van der Waals surface area contributed by atoms with Gasteiger partial charge < -0.3 is 15.1 Å². The van der Waals surface area contributed by atoms with Crippen molar-refractivity contribution in [3.05, 3.63) is 76.4 Å². The highest BCUT2D eigenvalue weighted by atomic mass is 19.1. The van der Waals surface area contributed by atoms with Crippen LogP contribution in [0.4, 0.5) is 33.1 Å². The zero-order chi connectivity index (χ0) is 22.7. The van der Waals surface area contributed by atoms with E-state index in [4.69, 9.17) is 0 Å². The lowest BCUT2D eigenvalue weighted by Gasteiger charge is -2.36. The van der Waals surface area contributed by atoms with Crippen LogP contribution in [0.2, 0.25) is 0 Å². The molecule has 0 aliphatic carbocycles. The van der Waals surface area contributed by atoms with Crippen LogP contribution in [0, 0.1) is 15.9 Å². The molecule has 1 fully saturated rings. The average Bonchev–Trinajstić information content (AvgIpc) is 2.79. The Morgan fingerprint density at radius 3 is 2.28 bits per heavy atom. The second-order valence-electron chi connectivity index (χ2n) is 7.98. The number of nitro groups is 1. The zero-order valence-corrected chi connectivity index (χ0v) is 18.0. The number of halogens is 1. The summed E-state index contributed by atoms with van der Waals surface area (Å²) < 4.78 is 14.1. The highest BCUT2D eigenvalue weighted by Gasteiger charge is 2.30. The minimum atomic E-state index is -0.455. The van der Waals surface area contributed by atoms with Gasteiger partial charge in [-0.2, -0.15) is 0 Å². The smallest absolute Gasteiger partial charge is 0.353 e. The molecule has 3 aromatic rings. The quantitative estimate of drug-likeness (QED) is 0.442. The van der Waals surface area contributed by atoms with Crippen molar-refractivity contribution in [2.75, 3.05) is 41.3 Å². The lowest BCUT2D eigenvalue weighted by molar-refractivity contribution is -0.383. The van der Waals surface area contributed by atoms with E-state index in [1.54, 1.807) is 18.2 Å². The second-order valence-corrected chi connectivity index (χ2v) is 7.98. The van der Waals surface area contributed by atoms with Crippen LogP contribution < -0.4 is 15.1 Å². The Kier molecular flexibility index (Phi) is 6.16. The van der Waals surface area contributed by atoms with Crippen LogP contribution in [-0.4, -0.2) is 41.1 Å². The lowest BCUT2D eigenvalue weighted by atomic mass is 10.0. The van der Waals surface area contributed by atoms with Crippen molar-refractivity contribution in [1.29, 1.82) is 0 Å². The summed E-state index contributed by atoms with van der Waals surface area (Å²) in [6.45, 7) is 6.23. The van der Waals surface area contributed by atoms with Crippen molar-refractivity contribution >= 4 is 28.7 Å². The van der Waals surface area contributed by atoms with E-state index in [1.807, 2.05) is 34.1 Å². The highest BCUT2D eigenvalue weighted by Crippen LogP contribution is 2.34. The highest BCUT2D eigenvalue weighted by molar-refractivity contribution is 5.74. The van der Waals surface area contributed by atoms with E-state index in [2.05, 4.69) is 29.1 Å². The SMILES string of the molecule is CC(C)c1ccc(Nc2ncnc(N3CCN(c4ccccc4F)CC3)c2[N+](=O)[O-])cc1.